The van der Waals surface area contributed by atoms with Gasteiger partial charge in [0.2, 0.25) is 23.6 Å². The second-order valence-corrected chi connectivity index (χ2v) is 11.3. The number of amides is 4. The molecule has 0 spiro atoms. The van der Waals surface area contributed by atoms with Gasteiger partial charge in [0.15, 0.2) is 0 Å². The lowest BCUT2D eigenvalue weighted by Crippen LogP contribution is -2.57. The van der Waals surface area contributed by atoms with Crippen LogP contribution in [0.15, 0.2) is 30.3 Å². The van der Waals surface area contributed by atoms with Gasteiger partial charge in [-0.25, -0.2) is 0 Å². The van der Waals surface area contributed by atoms with Crippen molar-refractivity contribution >= 4 is 29.6 Å². The Morgan fingerprint density at radius 1 is 0.857 bits per heavy atom. The predicted octanol–water partition coefficient (Wildman–Crippen LogP) is 2.66. The van der Waals surface area contributed by atoms with Crippen LogP contribution in [0.25, 0.3) is 0 Å². The number of benzene rings is 1. The first-order chi connectivity index (χ1) is 19.9. The molecule has 6 N–H and O–H groups in total. The Kier molecular flexibility index (Phi) is 17.1. The first-order valence-corrected chi connectivity index (χ1v) is 15.0. The van der Waals surface area contributed by atoms with Gasteiger partial charge in [0.05, 0.1) is 18.6 Å². The molecule has 0 fully saturated rings. The van der Waals surface area contributed by atoms with Gasteiger partial charge in [-0.3, -0.25) is 24.0 Å². The maximum atomic E-state index is 13.4. The lowest BCUT2D eigenvalue weighted by molar-refractivity contribution is -0.137. The summed E-state index contributed by atoms with van der Waals surface area (Å²) in [6.07, 6.45) is 0.583. The summed E-state index contributed by atoms with van der Waals surface area (Å²) < 4.78 is 0. The highest BCUT2D eigenvalue weighted by molar-refractivity contribution is 5.92. The summed E-state index contributed by atoms with van der Waals surface area (Å²) in [4.78, 5) is 62.4. The molecule has 4 amide bonds. The van der Waals surface area contributed by atoms with Gasteiger partial charge >= 0.3 is 5.97 Å². The standard InChI is InChI=1S/C31H50N4O7/c1-6-12-23(33-31(42)29(21(5)7-2)35-26(37)15-11-16-28(39)40)30(41)34-24(17-20(3)4)25(36)18-27(38)32-19-22-13-9-8-10-14-22/h8-10,13-14,20-21,23-25,29,36H,6-7,11-12,15-19H2,1-5H3,(H,32,38)(H,33,42)(H,34,41)(H,35,37)(H,39,40)/t21-,23+,24?,25+,29+/m1/s1. The lowest BCUT2D eigenvalue weighted by Gasteiger charge is -2.29. The van der Waals surface area contributed by atoms with E-state index in [1.165, 1.54) is 0 Å². The number of aliphatic hydroxyl groups excluding tert-OH is 1. The molecule has 1 rings (SSSR count). The highest BCUT2D eigenvalue weighted by Gasteiger charge is 2.32. The molecule has 1 aromatic carbocycles. The van der Waals surface area contributed by atoms with Gasteiger partial charge in [-0.2, -0.15) is 0 Å². The van der Waals surface area contributed by atoms with E-state index in [-0.39, 0.29) is 43.4 Å². The van der Waals surface area contributed by atoms with Gasteiger partial charge in [0.25, 0.3) is 0 Å². The zero-order valence-electron chi connectivity index (χ0n) is 25.7. The fraction of sp³-hybridized carbons (Fsp3) is 0.645. The molecule has 236 valence electrons. The molecule has 42 heavy (non-hydrogen) atoms. The third-order valence-electron chi connectivity index (χ3n) is 7.06. The van der Waals surface area contributed by atoms with Crippen LogP contribution in [0.2, 0.25) is 0 Å². The number of aliphatic carboxylic acids is 1. The monoisotopic (exact) mass is 590 g/mol. The third kappa shape index (κ3) is 14.4. The van der Waals surface area contributed by atoms with E-state index in [1.807, 2.05) is 65.0 Å². The molecule has 0 aliphatic rings. The van der Waals surface area contributed by atoms with Crippen molar-refractivity contribution in [2.24, 2.45) is 11.8 Å². The van der Waals surface area contributed by atoms with E-state index >= 15 is 0 Å². The number of hydrogen-bond acceptors (Lipinski definition) is 6. The van der Waals surface area contributed by atoms with Crippen LogP contribution < -0.4 is 21.3 Å². The summed E-state index contributed by atoms with van der Waals surface area (Å²) in [6, 6.07) is 6.88. The van der Waals surface area contributed by atoms with Crippen LogP contribution in [0, 0.1) is 11.8 Å². The smallest absolute Gasteiger partial charge is 0.303 e. The third-order valence-corrected chi connectivity index (χ3v) is 7.06. The Morgan fingerprint density at radius 3 is 2.10 bits per heavy atom. The van der Waals surface area contributed by atoms with Crippen molar-refractivity contribution in [3.8, 4) is 0 Å². The normalized spacial score (nSPS) is 14.6. The molecule has 0 saturated heterocycles. The van der Waals surface area contributed by atoms with Crippen molar-refractivity contribution in [2.75, 3.05) is 0 Å². The molecule has 0 aliphatic carbocycles. The van der Waals surface area contributed by atoms with Gasteiger partial charge < -0.3 is 31.5 Å². The number of rotatable bonds is 20. The Morgan fingerprint density at radius 2 is 1.52 bits per heavy atom. The van der Waals surface area contributed by atoms with Crippen LogP contribution in [0.4, 0.5) is 0 Å². The van der Waals surface area contributed by atoms with Gasteiger partial charge in [-0.15, -0.1) is 0 Å². The molecule has 0 bridgehead atoms. The quantitative estimate of drug-likeness (QED) is 0.135. The fourth-order valence-electron chi connectivity index (χ4n) is 4.47. The minimum Gasteiger partial charge on any atom is -0.481 e. The number of carboxylic acid groups (broad SMARTS) is 1. The molecular formula is C31H50N4O7. The molecule has 1 aromatic rings. The minimum absolute atomic E-state index is 0.0287. The molecule has 0 heterocycles. The maximum Gasteiger partial charge on any atom is 0.303 e. The number of carbonyl (C=O) groups is 5. The second kappa shape index (κ2) is 19.6. The van der Waals surface area contributed by atoms with Crippen molar-refractivity contribution in [1.29, 1.82) is 0 Å². The van der Waals surface area contributed by atoms with E-state index < -0.39 is 47.9 Å². The Bertz CT molecular complexity index is 1000. The summed E-state index contributed by atoms with van der Waals surface area (Å²) in [5.74, 6) is -2.88. The van der Waals surface area contributed by atoms with E-state index in [0.717, 1.165) is 5.56 Å². The van der Waals surface area contributed by atoms with Crippen LogP contribution in [0.5, 0.6) is 0 Å². The first-order valence-electron chi connectivity index (χ1n) is 15.0. The van der Waals surface area contributed by atoms with E-state index in [1.54, 1.807) is 0 Å². The van der Waals surface area contributed by atoms with Gasteiger partial charge in [-0.05, 0) is 36.7 Å². The molecule has 11 nitrogen and oxygen atoms in total. The van der Waals surface area contributed by atoms with Gasteiger partial charge in [0.1, 0.15) is 12.1 Å². The second-order valence-electron chi connectivity index (χ2n) is 11.3. The first kappa shape index (κ1) is 36.6. The van der Waals surface area contributed by atoms with Crippen molar-refractivity contribution in [3.63, 3.8) is 0 Å². The molecular weight excluding hydrogens is 540 g/mol. The van der Waals surface area contributed by atoms with Crippen molar-refractivity contribution in [3.05, 3.63) is 35.9 Å². The number of nitrogens with one attached hydrogen (secondary N) is 4. The summed E-state index contributed by atoms with van der Waals surface area (Å²) in [7, 11) is 0. The summed E-state index contributed by atoms with van der Waals surface area (Å²) in [6.45, 7) is 9.79. The molecule has 11 heteroatoms. The minimum atomic E-state index is -1.14. The molecule has 0 radical (unpaired) electrons. The Balaban J connectivity index is 2.89. The van der Waals surface area contributed by atoms with E-state index in [9.17, 15) is 29.1 Å². The van der Waals surface area contributed by atoms with Crippen LogP contribution in [-0.2, 0) is 30.5 Å². The number of aliphatic hydroxyl groups is 1. The number of hydrogen-bond donors (Lipinski definition) is 6. The molecule has 0 aromatic heterocycles. The van der Waals surface area contributed by atoms with E-state index in [0.29, 0.717) is 32.2 Å². The molecule has 5 atom stereocenters. The average molecular weight is 591 g/mol. The Hall–Kier alpha value is -3.47. The largest absolute Gasteiger partial charge is 0.481 e. The SMILES string of the molecule is CCC[C@H](NC(=O)[C@@H](NC(=O)CCCC(=O)O)[C@H](C)CC)C(=O)NC(CC(C)C)[C@@H](O)CC(=O)NCc1ccccc1. The van der Waals surface area contributed by atoms with Crippen LogP contribution in [0.3, 0.4) is 0 Å². The van der Waals surface area contributed by atoms with Gasteiger partial charge in [-0.1, -0.05) is 77.8 Å². The zero-order chi connectivity index (χ0) is 31.7. The molecule has 1 unspecified atom stereocenters. The number of carboxylic acids is 1. The molecule has 0 saturated carbocycles. The zero-order valence-corrected chi connectivity index (χ0v) is 25.7. The number of carbonyl (C=O) groups excluding carboxylic acids is 4. The topological polar surface area (TPSA) is 174 Å². The maximum absolute atomic E-state index is 13.4. The highest BCUT2D eigenvalue weighted by atomic mass is 16.4. The van der Waals surface area contributed by atoms with Crippen LogP contribution in [-0.4, -0.2) is 64.0 Å². The van der Waals surface area contributed by atoms with Gasteiger partial charge in [0, 0.05) is 19.4 Å². The van der Waals surface area contributed by atoms with Crippen molar-refractivity contribution in [2.45, 2.75) is 117 Å². The Labute approximate surface area is 249 Å². The predicted molar refractivity (Wildman–Crippen MR) is 160 cm³/mol. The van der Waals surface area contributed by atoms with Crippen LogP contribution >= 0.6 is 0 Å². The highest BCUT2D eigenvalue weighted by Crippen LogP contribution is 2.14. The van der Waals surface area contributed by atoms with Crippen molar-refractivity contribution in [1.82, 2.24) is 21.3 Å². The summed E-state index contributed by atoms with van der Waals surface area (Å²) in [5.41, 5.74) is 0.928. The summed E-state index contributed by atoms with van der Waals surface area (Å²) >= 11 is 0. The average Bonchev–Trinajstić information content (AvgIpc) is 2.93. The fourth-order valence-corrected chi connectivity index (χ4v) is 4.47. The lowest BCUT2D eigenvalue weighted by atomic mass is 9.95. The van der Waals surface area contributed by atoms with E-state index in [2.05, 4.69) is 21.3 Å². The van der Waals surface area contributed by atoms with E-state index in [4.69, 9.17) is 5.11 Å². The van der Waals surface area contributed by atoms with Crippen LogP contribution in [0.1, 0.15) is 91.5 Å². The van der Waals surface area contributed by atoms with Crippen molar-refractivity contribution < 1.29 is 34.2 Å². The summed E-state index contributed by atoms with van der Waals surface area (Å²) in [5, 5.41) is 30.8. The molecule has 0 aliphatic heterocycles.